The molecule has 2 heterocycles. The molecule has 1 saturated heterocycles. The summed E-state index contributed by atoms with van der Waals surface area (Å²) in [4.78, 5) is 83.1. The van der Waals surface area contributed by atoms with Gasteiger partial charge >= 0.3 is 6.03 Å². The van der Waals surface area contributed by atoms with Gasteiger partial charge in [0, 0.05) is 12.2 Å². The van der Waals surface area contributed by atoms with Gasteiger partial charge < -0.3 is 26.6 Å². The van der Waals surface area contributed by atoms with Crippen molar-refractivity contribution in [3.05, 3.63) is 29.6 Å². The molecule has 1 aliphatic rings. The Morgan fingerprint density at radius 2 is 1.67 bits per heavy atom. The second kappa shape index (κ2) is 14.4. The number of nitrogens with two attached hydrogens (primary N) is 1. The third-order valence-corrected chi connectivity index (χ3v) is 7.19. The minimum Gasteiger partial charge on any atom is -0.363 e. The molecule has 0 aromatic carbocycles. The van der Waals surface area contributed by atoms with Crippen molar-refractivity contribution in [2.24, 2.45) is 23.0 Å². The molecule has 4 atom stereocenters. The number of primary amides is 1. The number of hydrogen-bond acceptors (Lipinski definition) is 7. The number of Topliss-reactive ketones (excluding diaryl/α,β-unsaturated/α-hetero) is 2. The van der Waals surface area contributed by atoms with E-state index in [0.29, 0.717) is 18.5 Å². The number of rotatable bonds is 12. The van der Waals surface area contributed by atoms with Crippen LogP contribution in [0.3, 0.4) is 0 Å². The molecule has 12 nitrogen and oxygen atoms in total. The standard InChI is InChI=1S/C30H46N6O6/c1-16(2)15-20(24(38)26(31)39)33-27(40)21-13-10-14-36(21)28(41)25(30(6,7)8)35-29(42)34-22(17(3)4)23(37)19-12-9-11-18(5)32-19/h9,11-12,16-17,20-22,25H,10,13-15H2,1-8H3,(H2,31,39)(H,33,40)(H2,34,35,42). The summed E-state index contributed by atoms with van der Waals surface area (Å²) < 4.78 is 0. The van der Waals surface area contributed by atoms with Crippen molar-refractivity contribution >= 4 is 35.3 Å². The van der Waals surface area contributed by atoms with Gasteiger partial charge in [-0.05, 0) is 55.6 Å². The lowest BCUT2D eigenvalue weighted by Crippen LogP contribution is -2.61. The Kier molecular flexibility index (Phi) is 11.8. The smallest absolute Gasteiger partial charge is 0.316 e. The van der Waals surface area contributed by atoms with Crippen molar-refractivity contribution in [3.8, 4) is 0 Å². The van der Waals surface area contributed by atoms with E-state index in [1.165, 1.54) is 4.90 Å². The monoisotopic (exact) mass is 586 g/mol. The van der Waals surface area contributed by atoms with Crippen LogP contribution in [0.1, 0.15) is 83.9 Å². The van der Waals surface area contributed by atoms with Gasteiger partial charge in [0.25, 0.3) is 5.91 Å². The lowest BCUT2D eigenvalue weighted by molar-refractivity contribution is -0.143. The molecule has 1 fully saturated rings. The molecule has 232 valence electrons. The number of aryl methyl sites for hydroxylation is 1. The largest absolute Gasteiger partial charge is 0.363 e. The number of carbonyl (C=O) groups excluding carboxylic acids is 6. The second-order valence-corrected chi connectivity index (χ2v) is 12.8. The molecule has 12 heteroatoms. The van der Waals surface area contributed by atoms with Crippen molar-refractivity contribution in [2.45, 2.75) is 98.8 Å². The lowest BCUT2D eigenvalue weighted by atomic mass is 9.85. The number of likely N-dealkylation sites (tertiary alicyclic amines) is 1. The van der Waals surface area contributed by atoms with Crippen LogP contribution in [-0.2, 0) is 19.2 Å². The maximum Gasteiger partial charge on any atom is 0.316 e. The molecule has 1 aromatic rings. The zero-order valence-corrected chi connectivity index (χ0v) is 25.9. The minimum absolute atomic E-state index is 0.00358. The minimum atomic E-state index is -1.14. The quantitative estimate of drug-likeness (QED) is 0.213. The molecule has 1 aliphatic heterocycles. The number of aromatic nitrogens is 1. The summed E-state index contributed by atoms with van der Waals surface area (Å²) in [6.45, 7) is 14.7. The van der Waals surface area contributed by atoms with Gasteiger partial charge in [0.05, 0.1) is 12.1 Å². The van der Waals surface area contributed by atoms with Gasteiger partial charge in [-0.3, -0.25) is 24.0 Å². The van der Waals surface area contributed by atoms with Gasteiger partial charge in [-0.25, -0.2) is 9.78 Å². The Bertz CT molecular complexity index is 1190. The number of urea groups is 1. The predicted octanol–water partition coefficient (Wildman–Crippen LogP) is 1.89. The van der Waals surface area contributed by atoms with Gasteiger partial charge in [0.15, 0.2) is 0 Å². The Morgan fingerprint density at radius 1 is 1.02 bits per heavy atom. The summed E-state index contributed by atoms with van der Waals surface area (Å²) in [5, 5.41) is 8.07. The molecule has 0 spiro atoms. The first-order valence-corrected chi connectivity index (χ1v) is 14.4. The fraction of sp³-hybridized carbons (Fsp3) is 0.633. The SMILES string of the molecule is Cc1cccc(C(=O)C(NC(=O)NC(C(=O)N2CCCC2C(=O)NC(CC(C)C)C(=O)C(N)=O)C(C)(C)C)C(C)C)n1. The molecule has 5 amide bonds. The summed E-state index contributed by atoms with van der Waals surface area (Å²) in [7, 11) is 0. The molecule has 0 bridgehead atoms. The zero-order valence-electron chi connectivity index (χ0n) is 25.9. The van der Waals surface area contributed by atoms with Crippen LogP contribution in [0.5, 0.6) is 0 Å². The van der Waals surface area contributed by atoms with Crippen LogP contribution < -0.4 is 21.7 Å². The first kappa shape index (κ1) is 34.4. The summed E-state index contributed by atoms with van der Waals surface area (Å²) in [5.41, 5.74) is 5.33. The molecular formula is C30H46N6O6. The van der Waals surface area contributed by atoms with Gasteiger partial charge in [-0.1, -0.05) is 54.5 Å². The van der Waals surface area contributed by atoms with E-state index in [-0.39, 0.29) is 36.3 Å². The van der Waals surface area contributed by atoms with E-state index in [9.17, 15) is 28.8 Å². The molecule has 0 radical (unpaired) electrons. The van der Waals surface area contributed by atoms with E-state index in [2.05, 4.69) is 20.9 Å². The lowest BCUT2D eigenvalue weighted by Gasteiger charge is -2.36. The zero-order chi connectivity index (χ0) is 31.9. The van der Waals surface area contributed by atoms with E-state index in [1.807, 2.05) is 13.8 Å². The first-order chi connectivity index (χ1) is 19.4. The number of hydrogen-bond donors (Lipinski definition) is 4. The molecule has 0 saturated carbocycles. The molecule has 1 aromatic heterocycles. The summed E-state index contributed by atoms with van der Waals surface area (Å²) in [6, 6.07) is 0.472. The molecule has 42 heavy (non-hydrogen) atoms. The van der Waals surface area contributed by atoms with Gasteiger partial charge in [-0.15, -0.1) is 0 Å². The van der Waals surface area contributed by atoms with E-state index in [4.69, 9.17) is 5.73 Å². The topological polar surface area (TPSA) is 181 Å². The van der Waals surface area contributed by atoms with Crippen LogP contribution in [0.2, 0.25) is 0 Å². The van der Waals surface area contributed by atoms with E-state index in [0.717, 1.165) is 0 Å². The van der Waals surface area contributed by atoms with Crippen molar-refractivity contribution in [3.63, 3.8) is 0 Å². The summed E-state index contributed by atoms with van der Waals surface area (Å²) in [5.74, 6) is -3.67. The number of amides is 5. The van der Waals surface area contributed by atoms with Crippen LogP contribution >= 0.6 is 0 Å². The maximum absolute atomic E-state index is 13.8. The summed E-state index contributed by atoms with van der Waals surface area (Å²) >= 11 is 0. The highest BCUT2D eigenvalue weighted by Crippen LogP contribution is 2.26. The van der Waals surface area contributed by atoms with Crippen LogP contribution in [0.15, 0.2) is 18.2 Å². The maximum atomic E-state index is 13.8. The van der Waals surface area contributed by atoms with Crippen molar-refractivity contribution < 1.29 is 28.8 Å². The first-order valence-electron chi connectivity index (χ1n) is 14.4. The average molecular weight is 587 g/mol. The Labute approximate surface area is 247 Å². The van der Waals surface area contributed by atoms with Crippen LogP contribution in [-0.4, -0.2) is 75.9 Å². The van der Waals surface area contributed by atoms with Crippen LogP contribution in [0.25, 0.3) is 0 Å². The van der Waals surface area contributed by atoms with Crippen LogP contribution in [0, 0.1) is 24.2 Å². The predicted molar refractivity (Wildman–Crippen MR) is 157 cm³/mol. The van der Waals surface area contributed by atoms with Crippen molar-refractivity contribution in [1.82, 2.24) is 25.8 Å². The second-order valence-electron chi connectivity index (χ2n) is 12.8. The van der Waals surface area contributed by atoms with Gasteiger partial charge in [-0.2, -0.15) is 0 Å². The molecule has 4 unspecified atom stereocenters. The number of ketones is 2. The van der Waals surface area contributed by atoms with E-state index in [1.54, 1.807) is 59.7 Å². The molecule has 5 N–H and O–H groups in total. The third-order valence-electron chi connectivity index (χ3n) is 7.19. The molecule has 2 rings (SSSR count). The number of nitrogens with zero attached hydrogens (tertiary/aromatic N) is 2. The highest BCUT2D eigenvalue weighted by molar-refractivity contribution is 6.37. The highest BCUT2D eigenvalue weighted by Gasteiger charge is 2.43. The van der Waals surface area contributed by atoms with Crippen molar-refractivity contribution in [2.75, 3.05) is 6.54 Å². The third kappa shape index (κ3) is 9.09. The van der Waals surface area contributed by atoms with Crippen molar-refractivity contribution in [1.29, 1.82) is 0 Å². The molecule has 0 aliphatic carbocycles. The van der Waals surface area contributed by atoms with E-state index >= 15 is 0 Å². The fourth-order valence-electron chi connectivity index (χ4n) is 4.95. The van der Waals surface area contributed by atoms with Gasteiger partial charge in [0.1, 0.15) is 17.8 Å². The fourth-order valence-corrected chi connectivity index (χ4v) is 4.95. The Morgan fingerprint density at radius 3 is 2.19 bits per heavy atom. The van der Waals surface area contributed by atoms with E-state index < -0.39 is 59.1 Å². The normalized spacial score (nSPS) is 17.4. The number of pyridine rings is 1. The Balaban J connectivity index is 2.22. The summed E-state index contributed by atoms with van der Waals surface area (Å²) in [6.07, 6.45) is 1.11. The molecular weight excluding hydrogens is 540 g/mol. The van der Waals surface area contributed by atoms with Gasteiger partial charge in [0.2, 0.25) is 23.4 Å². The van der Waals surface area contributed by atoms with Crippen LogP contribution in [0.4, 0.5) is 4.79 Å². The number of carbonyl (C=O) groups is 6. The number of nitrogens with one attached hydrogen (secondary N) is 3. The average Bonchev–Trinajstić information content (AvgIpc) is 3.38. The Hall–Kier alpha value is -3.83. The highest BCUT2D eigenvalue weighted by atomic mass is 16.2.